The van der Waals surface area contributed by atoms with Crippen LogP contribution >= 0.6 is 0 Å². The molecule has 1 fully saturated rings. The first-order valence-electron chi connectivity index (χ1n) is 5.69. The molecular formula is C13H15NO4. The lowest BCUT2D eigenvalue weighted by molar-refractivity contribution is -0.191. The summed E-state index contributed by atoms with van der Waals surface area (Å²) < 4.78 is 5.14. The van der Waals surface area contributed by atoms with E-state index in [-0.39, 0.29) is 30.6 Å². The van der Waals surface area contributed by atoms with Gasteiger partial charge in [0.2, 0.25) is 0 Å². The summed E-state index contributed by atoms with van der Waals surface area (Å²) in [5, 5.41) is 0.830. The van der Waals surface area contributed by atoms with E-state index >= 15 is 0 Å². The van der Waals surface area contributed by atoms with Crippen molar-refractivity contribution in [3.05, 3.63) is 29.8 Å². The molecule has 18 heavy (non-hydrogen) atoms. The van der Waals surface area contributed by atoms with E-state index in [0.717, 1.165) is 16.4 Å². The first-order chi connectivity index (χ1) is 8.65. The maximum absolute atomic E-state index is 11.7. The molecule has 1 aliphatic rings. The molecule has 96 valence electrons. The van der Waals surface area contributed by atoms with E-state index in [4.69, 9.17) is 9.57 Å². The van der Waals surface area contributed by atoms with Gasteiger partial charge >= 0.3 is 0 Å². The van der Waals surface area contributed by atoms with Crippen molar-refractivity contribution in [1.82, 2.24) is 5.06 Å². The van der Waals surface area contributed by atoms with Crippen LogP contribution in [0.5, 0.6) is 5.75 Å². The van der Waals surface area contributed by atoms with E-state index in [1.54, 1.807) is 7.11 Å². The predicted octanol–water partition coefficient (Wildman–Crippen LogP) is 1.49. The summed E-state index contributed by atoms with van der Waals surface area (Å²) in [4.78, 5) is 28.2. The van der Waals surface area contributed by atoms with Crippen LogP contribution in [-0.4, -0.2) is 31.1 Å². The fourth-order valence-corrected chi connectivity index (χ4v) is 2.13. The average molecular weight is 249 g/mol. The van der Waals surface area contributed by atoms with Gasteiger partial charge in [-0.1, -0.05) is 12.1 Å². The summed E-state index contributed by atoms with van der Waals surface area (Å²) in [6, 6.07) is 7.44. The second kappa shape index (κ2) is 5.18. The molecule has 0 unspecified atom stereocenters. The predicted molar refractivity (Wildman–Crippen MR) is 63.8 cm³/mol. The molecular weight excluding hydrogens is 234 g/mol. The number of ether oxygens (including phenoxy) is 1. The Hall–Kier alpha value is -1.88. The van der Waals surface area contributed by atoms with Gasteiger partial charge in [-0.15, -0.1) is 0 Å². The lowest BCUT2D eigenvalue weighted by atomic mass is 9.89. The van der Waals surface area contributed by atoms with E-state index in [1.165, 1.54) is 7.11 Å². The minimum Gasteiger partial charge on any atom is -0.497 e. The van der Waals surface area contributed by atoms with Crippen LogP contribution in [0.3, 0.4) is 0 Å². The fraction of sp³-hybridized carbons (Fsp3) is 0.385. The molecule has 0 saturated carbocycles. The van der Waals surface area contributed by atoms with Crippen molar-refractivity contribution in [2.45, 2.75) is 18.8 Å². The van der Waals surface area contributed by atoms with Gasteiger partial charge < -0.3 is 4.74 Å². The molecule has 0 spiro atoms. The van der Waals surface area contributed by atoms with Gasteiger partial charge in [-0.05, 0) is 17.7 Å². The van der Waals surface area contributed by atoms with Gasteiger partial charge in [0, 0.05) is 18.8 Å². The summed E-state index contributed by atoms with van der Waals surface area (Å²) in [7, 11) is 2.91. The highest BCUT2D eigenvalue weighted by Gasteiger charge is 2.33. The first-order valence-corrected chi connectivity index (χ1v) is 5.69. The molecule has 1 heterocycles. The molecule has 0 radical (unpaired) electrons. The molecule has 0 bridgehead atoms. The molecule has 0 N–H and O–H groups in total. The fourth-order valence-electron chi connectivity index (χ4n) is 2.13. The number of nitrogens with zero attached hydrogens (tertiary/aromatic N) is 1. The summed E-state index contributed by atoms with van der Waals surface area (Å²) in [6.45, 7) is 0. The van der Waals surface area contributed by atoms with Crippen LogP contribution in [0, 0.1) is 0 Å². The minimum atomic E-state index is -0.304. The second-order valence-corrected chi connectivity index (χ2v) is 4.15. The maximum Gasteiger partial charge on any atom is 0.254 e. The number of amides is 2. The van der Waals surface area contributed by atoms with Crippen LogP contribution in [0.4, 0.5) is 0 Å². The molecule has 0 atom stereocenters. The van der Waals surface area contributed by atoms with E-state index in [0.29, 0.717) is 0 Å². The highest BCUT2D eigenvalue weighted by atomic mass is 16.7. The van der Waals surface area contributed by atoms with Crippen molar-refractivity contribution in [3.63, 3.8) is 0 Å². The Morgan fingerprint density at radius 2 is 1.83 bits per heavy atom. The number of hydroxylamine groups is 2. The van der Waals surface area contributed by atoms with Crippen molar-refractivity contribution < 1.29 is 19.2 Å². The SMILES string of the molecule is COc1cccc(C2CC(=O)N(OC)C(=O)C2)c1. The van der Waals surface area contributed by atoms with E-state index < -0.39 is 0 Å². The Balaban J connectivity index is 2.20. The zero-order valence-electron chi connectivity index (χ0n) is 10.4. The van der Waals surface area contributed by atoms with Gasteiger partial charge in [0.25, 0.3) is 11.8 Å². The van der Waals surface area contributed by atoms with E-state index in [1.807, 2.05) is 24.3 Å². The third kappa shape index (κ3) is 2.36. The first kappa shape index (κ1) is 12.6. The number of carbonyl (C=O) groups is 2. The van der Waals surface area contributed by atoms with Crippen LogP contribution in [-0.2, 0) is 14.4 Å². The average Bonchev–Trinajstić information content (AvgIpc) is 2.38. The van der Waals surface area contributed by atoms with Crippen LogP contribution < -0.4 is 4.74 Å². The smallest absolute Gasteiger partial charge is 0.254 e. The second-order valence-electron chi connectivity index (χ2n) is 4.15. The van der Waals surface area contributed by atoms with Gasteiger partial charge in [0.1, 0.15) is 5.75 Å². The van der Waals surface area contributed by atoms with Gasteiger partial charge in [0.05, 0.1) is 14.2 Å². The van der Waals surface area contributed by atoms with Crippen molar-refractivity contribution >= 4 is 11.8 Å². The van der Waals surface area contributed by atoms with Crippen molar-refractivity contribution in [2.75, 3.05) is 14.2 Å². The number of rotatable bonds is 3. The number of methoxy groups -OCH3 is 1. The third-order valence-electron chi connectivity index (χ3n) is 3.04. The molecule has 5 heteroatoms. The Morgan fingerprint density at radius 3 is 2.39 bits per heavy atom. The summed E-state index contributed by atoms with van der Waals surface area (Å²) in [5.41, 5.74) is 0.937. The largest absolute Gasteiger partial charge is 0.497 e. The Labute approximate surface area is 105 Å². The van der Waals surface area contributed by atoms with Gasteiger partial charge in [-0.25, -0.2) is 0 Å². The number of benzene rings is 1. The lowest BCUT2D eigenvalue weighted by Crippen LogP contribution is -2.41. The minimum absolute atomic E-state index is 0.105. The Morgan fingerprint density at radius 1 is 1.17 bits per heavy atom. The monoisotopic (exact) mass is 249 g/mol. The number of carbonyl (C=O) groups excluding carboxylic acids is 2. The van der Waals surface area contributed by atoms with Gasteiger partial charge in [0.15, 0.2) is 0 Å². The topological polar surface area (TPSA) is 55.8 Å². The van der Waals surface area contributed by atoms with Crippen molar-refractivity contribution in [1.29, 1.82) is 0 Å². The molecule has 1 saturated heterocycles. The number of piperidine rings is 1. The van der Waals surface area contributed by atoms with Crippen molar-refractivity contribution in [3.8, 4) is 5.75 Å². The molecule has 1 aliphatic heterocycles. The lowest BCUT2D eigenvalue weighted by Gasteiger charge is -2.28. The summed E-state index contributed by atoms with van der Waals surface area (Å²) in [5.74, 6) is 0.0104. The number of imide groups is 1. The number of hydrogen-bond acceptors (Lipinski definition) is 4. The zero-order chi connectivity index (χ0) is 13.1. The summed E-state index contributed by atoms with van der Waals surface area (Å²) >= 11 is 0. The zero-order valence-corrected chi connectivity index (χ0v) is 10.4. The van der Waals surface area contributed by atoms with Gasteiger partial charge in [-0.3, -0.25) is 14.4 Å². The van der Waals surface area contributed by atoms with Crippen LogP contribution in [0.1, 0.15) is 24.3 Å². The molecule has 0 aliphatic carbocycles. The van der Waals surface area contributed by atoms with E-state index in [9.17, 15) is 9.59 Å². The molecule has 5 nitrogen and oxygen atoms in total. The Kier molecular flexibility index (Phi) is 3.62. The highest BCUT2D eigenvalue weighted by molar-refractivity contribution is 5.97. The molecule has 1 aromatic rings. The standard InChI is InChI=1S/C13H15NO4/c1-17-11-5-3-4-9(6-11)10-7-12(15)14(18-2)13(16)8-10/h3-6,10H,7-8H2,1-2H3. The molecule has 2 amide bonds. The summed E-state index contributed by atoms with van der Waals surface area (Å²) in [6.07, 6.45) is 0.541. The molecule has 1 aromatic carbocycles. The Bertz CT molecular complexity index is 454. The van der Waals surface area contributed by atoms with Crippen molar-refractivity contribution in [2.24, 2.45) is 0 Å². The number of hydrogen-bond donors (Lipinski definition) is 0. The highest BCUT2D eigenvalue weighted by Crippen LogP contribution is 2.31. The van der Waals surface area contributed by atoms with Crippen LogP contribution in [0.25, 0.3) is 0 Å². The normalized spacial score (nSPS) is 17.1. The quantitative estimate of drug-likeness (QED) is 0.761. The molecule has 0 aromatic heterocycles. The maximum atomic E-state index is 11.7. The van der Waals surface area contributed by atoms with Gasteiger partial charge in [-0.2, -0.15) is 5.06 Å². The third-order valence-corrected chi connectivity index (χ3v) is 3.04. The van der Waals surface area contributed by atoms with Crippen LogP contribution in [0.15, 0.2) is 24.3 Å². The van der Waals surface area contributed by atoms with Crippen LogP contribution in [0.2, 0.25) is 0 Å². The molecule has 2 rings (SSSR count). The van der Waals surface area contributed by atoms with E-state index in [2.05, 4.69) is 0 Å².